The molecule has 0 saturated carbocycles. The maximum atomic E-state index is 13.4. The minimum Gasteiger partial charge on any atom is -0.389 e. The van der Waals surface area contributed by atoms with Gasteiger partial charge in [-0.25, -0.2) is 9.37 Å². The van der Waals surface area contributed by atoms with Gasteiger partial charge in [-0.1, -0.05) is 36.4 Å². The number of fused-ring (bicyclic) bond motifs is 1. The monoisotopic (exact) mass is 527 g/mol. The largest absolute Gasteiger partial charge is 0.389 e. The molecular formula is C31H34FN5O2. The molecule has 1 amide bonds. The van der Waals surface area contributed by atoms with Crippen LogP contribution in [-0.4, -0.2) is 75.2 Å². The van der Waals surface area contributed by atoms with E-state index in [9.17, 15) is 14.3 Å². The molecule has 2 aliphatic rings. The first-order valence-electron chi connectivity index (χ1n) is 13.8. The van der Waals surface area contributed by atoms with Crippen molar-refractivity contribution in [2.75, 3.05) is 38.0 Å². The zero-order valence-corrected chi connectivity index (χ0v) is 22.0. The van der Waals surface area contributed by atoms with Crippen molar-refractivity contribution >= 4 is 22.9 Å². The van der Waals surface area contributed by atoms with Crippen molar-refractivity contribution in [3.05, 3.63) is 95.3 Å². The SMILES string of the molecule is O=C(c1ccc(CCN2CCC(Nc3nc4ccccc4n3Cc3ccc(F)cc3)CC2)cc1)N1CC(O)C1. The van der Waals surface area contributed by atoms with E-state index in [1.54, 1.807) is 4.90 Å². The fraction of sp³-hybridized carbons (Fsp3) is 0.355. The smallest absolute Gasteiger partial charge is 0.254 e. The number of nitrogens with zero attached hydrogens (tertiary/aromatic N) is 4. The van der Waals surface area contributed by atoms with Gasteiger partial charge in [0, 0.05) is 44.3 Å². The number of aliphatic hydroxyl groups excluding tert-OH is 1. The summed E-state index contributed by atoms with van der Waals surface area (Å²) in [5, 5.41) is 13.1. The molecule has 39 heavy (non-hydrogen) atoms. The Hall–Kier alpha value is -3.75. The maximum absolute atomic E-state index is 13.4. The third kappa shape index (κ3) is 5.82. The molecule has 0 atom stereocenters. The van der Waals surface area contributed by atoms with Crippen LogP contribution in [0.2, 0.25) is 0 Å². The van der Waals surface area contributed by atoms with E-state index in [-0.39, 0.29) is 17.8 Å². The number of piperidine rings is 1. The third-order valence-electron chi connectivity index (χ3n) is 7.90. The number of aliphatic hydroxyl groups is 1. The van der Waals surface area contributed by atoms with Gasteiger partial charge in [-0.05, 0) is 66.8 Å². The lowest BCUT2D eigenvalue weighted by atomic mass is 10.0. The molecule has 6 rings (SSSR count). The molecular weight excluding hydrogens is 493 g/mol. The molecule has 7 nitrogen and oxygen atoms in total. The molecule has 0 bridgehead atoms. The quantitative estimate of drug-likeness (QED) is 0.360. The Morgan fingerprint density at radius 2 is 1.64 bits per heavy atom. The Bertz CT molecular complexity index is 1420. The number of hydrogen-bond donors (Lipinski definition) is 2. The fourth-order valence-electron chi connectivity index (χ4n) is 5.51. The number of anilines is 1. The van der Waals surface area contributed by atoms with Crippen LogP contribution in [0, 0.1) is 5.82 Å². The van der Waals surface area contributed by atoms with E-state index in [1.807, 2.05) is 54.6 Å². The Labute approximate surface area is 227 Å². The summed E-state index contributed by atoms with van der Waals surface area (Å²) in [6, 6.07) is 23.0. The first-order valence-corrected chi connectivity index (χ1v) is 13.8. The fourth-order valence-corrected chi connectivity index (χ4v) is 5.51. The number of aromatic nitrogens is 2. The molecule has 2 aliphatic heterocycles. The summed E-state index contributed by atoms with van der Waals surface area (Å²) in [6.07, 6.45) is 2.64. The summed E-state index contributed by atoms with van der Waals surface area (Å²) in [4.78, 5) is 21.5. The standard InChI is InChI=1S/C31H34FN5O2/c32-25-11-7-23(8-12-25)19-37-29-4-2-1-3-28(29)34-31(37)33-26-14-17-35(18-15-26)16-13-22-5-9-24(10-6-22)30(39)36-20-27(38)21-36/h1-12,26-27,38H,13-21H2,(H,33,34). The molecule has 2 fully saturated rings. The number of nitrogens with one attached hydrogen (secondary N) is 1. The normalized spacial score (nSPS) is 16.9. The van der Waals surface area contributed by atoms with Crippen LogP contribution in [-0.2, 0) is 13.0 Å². The Kier molecular flexibility index (Phi) is 7.30. The Balaban J connectivity index is 1.03. The van der Waals surface area contributed by atoms with Gasteiger partial charge in [-0.15, -0.1) is 0 Å². The van der Waals surface area contributed by atoms with E-state index >= 15 is 0 Å². The second-order valence-electron chi connectivity index (χ2n) is 10.7. The minimum absolute atomic E-state index is 0.00684. The summed E-state index contributed by atoms with van der Waals surface area (Å²) >= 11 is 0. The molecule has 2 saturated heterocycles. The van der Waals surface area contributed by atoms with Crippen LogP contribution in [0.5, 0.6) is 0 Å². The lowest BCUT2D eigenvalue weighted by Gasteiger charge is -2.35. The summed E-state index contributed by atoms with van der Waals surface area (Å²) in [5.74, 6) is 0.629. The molecule has 0 radical (unpaired) electrons. The molecule has 2 N–H and O–H groups in total. The van der Waals surface area contributed by atoms with Crippen molar-refractivity contribution in [3.8, 4) is 0 Å². The van der Waals surface area contributed by atoms with E-state index in [2.05, 4.69) is 20.9 Å². The molecule has 3 heterocycles. The number of carbonyl (C=O) groups is 1. The average Bonchev–Trinajstić information content (AvgIpc) is 3.28. The summed E-state index contributed by atoms with van der Waals surface area (Å²) in [6.45, 7) is 4.51. The number of hydrogen-bond acceptors (Lipinski definition) is 5. The number of likely N-dealkylation sites (tertiary alicyclic amines) is 2. The van der Waals surface area contributed by atoms with E-state index < -0.39 is 0 Å². The molecule has 4 aromatic rings. The van der Waals surface area contributed by atoms with Gasteiger partial charge in [0.15, 0.2) is 0 Å². The summed E-state index contributed by atoms with van der Waals surface area (Å²) < 4.78 is 15.6. The number of β-amino-alcohol motifs (C(OH)–C–C–N with tert-alkyl or cyclic N) is 1. The van der Waals surface area contributed by atoms with Gasteiger partial charge < -0.3 is 24.8 Å². The van der Waals surface area contributed by atoms with Gasteiger partial charge in [0.25, 0.3) is 5.91 Å². The minimum atomic E-state index is -0.379. The van der Waals surface area contributed by atoms with Gasteiger partial charge in [0.05, 0.1) is 23.7 Å². The van der Waals surface area contributed by atoms with Crippen molar-refractivity contribution in [1.82, 2.24) is 19.4 Å². The van der Waals surface area contributed by atoms with E-state index in [1.165, 1.54) is 17.7 Å². The lowest BCUT2D eigenvalue weighted by molar-refractivity contribution is 0.00589. The highest BCUT2D eigenvalue weighted by atomic mass is 19.1. The average molecular weight is 528 g/mol. The number of benzene rings is 3. The Morgan fingerprint density at radius 3 is 2.36 bits per heavy atom. The molecule has 3 aromatic carbocycles. The molecule has 0 aliphatic carbocycles. The Morgan fingerprint density at radius 1 is 0.949 bits per heavy atom. The molecule has 1 aromatic heterocycles. The topological polar surface area (TPSA) is 73.6 Å². The molecule has 0 spiro atoms. The zero-order valence-electron chi connectivity index (χ0n) is 22.0. The van der Waals surface area contributed by atoms with Crippen molar-refractivity contribution in [1.29, 1.82) is 0 Å². The highest BCUT2D eigenvalue weighted by Crippen LogP contribution is 2.24. The van der Waals surface area contributed by atoms with Crippen LogP contribution in [0.3, 0.4) is 0 Å². The molecule has 8 heteroatoms. The van der Waals surface area contributed by atoms with Gasteiger partial charge in [0.1, 0.15) is 5.82 Å². The van der Waals surface area contributed by atoms with Crippen molar-refractivity contribution in [2.45, 2.75) is 38.0 Å². The molecule has 0 unspecified atom stereocenters. The van der Waals surface area contributed by atoms with Crippen LogP contribution in [0.1, 0.15) is 34.3 Å². The molecule has 202 valence electrons. The first kappa shape index (κ1) is 25.5. The number of amides is 1. The number of carbonyl (C=O) groups excluding carboxylic acids is 1. The van der Waals surface area contributed by atoms with Crippen LogP contribution in [0.15, 0.2) is 72.8 Å². The van der Waals surface area contributed by atoms with Gasteiger partial charge in [-0.2, -0.15) is 0 Å². The van der Waals surface area contributed by atoms with E-state index in [0.717, 1.165) is 61.4 Å². The van der Waals surface area contributed by atoms with Crippen molar-refractivity contribution in [3.63, 3.8) is 0 Å². The predicted octanol–water partition coefficient (Wildman–Crippen LogP) is 4.16. The number of imidazole rings is 1. The van der Waals surface area contributed by atoms with Crippen molar-refractivity contribution in [2.24, 2.45) is 0 Å². The van der Waals surface area contributed by atoms with Crippen molar-refractivity contribution < 1.29 is 14.3 Å². The second-order valence-corrected chi connectivity index (χ2v) is 10.7. The zero-order chi connectivity index (χ0) is 26.8. The predicted molar refractivity (Wildman–Crippen MR) is 150 cm³/mol. The van der Waals surface area contributed by atoms with Crippen LogP contribution in [0.25, 0.3) is 11.0 Å². The third-order valence-corrected chi connectivity index (χ3v) is 7.90. The number of para-hydroxylation sites is 2. The summed E-state index contributed by atoms with van der Waals surface area (Å²) in [5.41, 5.74) is 4.97. The van der Waals surface area contributed by atoms with Crippen LogP contribution >= 0.6 is 0 Å². The number of rotatable bonds is 8. The highest BCUT2D eigenvalue weighted by molar-refractivity contribution is 5.94. The number of halogens is 1. The first-order chi connectivity index (χ1) is 19.0. The van der Waals surface area contributed by atoms with Crippen LogP contribution < -0.4 is 5.32 Å². The van der Waals surface area contributed by atoms with Gasteiger partial charge in [0.2, 0.25) is 5.95 Å². The van der Waals surface area contributed by atoms with E-state index in [0.29, 0.717) is 31.2 Å². The van der Waals surface area contributed by atoms with Gasteiger partial charge >= 0.3 is 0 Å². The highest BCUT2D eigenvalue weighted by Gasteiger charge is 2.29. The second kappa shape index (κ2) is 11.2. The lowest BCUT2D eigenvalue weighted by Crippen LogP contribution is -2.53. The maximum Gasteiger partial charge on any atom is 0.254 e. The van der Waals surface area contributed by atoms with E-state index in [4.69, 9.17) is 4.98 Å². The van der Waals surface area contributed by atoms with Gasteiger partial charge in [-0.3, -0.25) is 4.79 Å². The van der Waals surface area contributed by atoms with Crippen LogP contribution in [0.4, 0.5) is 10.3 Å². The summed E-state index contributed by atoms with van der Waals surface area (Å²) in [7, 11) is 0.